The maximum absolute atomic E-state index is 6.13. The van der Waals surface area contributed by atoms with E-state index < -0.39 is 0 Å². The highest BCUT2D eigenvalue weighted by atomic mass is 35.5. The average Bonchev–Trinajstić information content (AvgIpc) is 3.64. The fourth-order valence-electron chi connectivity index (χ4n) is 7.18. The molecule has 1 aliphatic heterocycles. The van der Waals surface area contributed by atoms with Gasteiger partial charge in [0, 0.05) is 28.6 Å². The van der Waals surface area contributed by atoms with E-state index in [1.165, 1.54) is 49.9 Å². The molecule has 7 rings (SSSR count). The fourth-order valence-corrected chi connectivity index (χ4v) is 7.34. The van der Waals surface area contributed by atoms with Gasteiger partial charge in [-0.3, -0.25) is 0 Å². The summed E-state index contributed by atoms with van der Waals surface area (Å²) in [6, 6.07) is 24.6. The molecule has 3 aromatic carbocycles. The zero-order valence-corrected chi connectivity index (χ0v) is 21.5. The number of likely N-dealkylation sites (tertiary alicyclic amines) is 1. The van der Waals surface area contributed by atoms with Gasteiger partial charge in [-0.1, -0.05) is 79.2 Å². The number of fused-ring (bicyclic) bond motifs is 3. The molecule has 4 atom stereocenters. The number of rotatable bonds is 3. The number of aromatic nitrogens is 2. The first-order valence-electron chi connectivity index (χ1n) is 13.4. The largest absolute Gasteiger partial charge is 0.338 e. The topological polar surface area (TPSA) is 31.9 Å². The van der Waals surface area contributed by atoms with E-state index in [4.69, 9.17) is 16.6 Å². The second-order valence-corrected chi connectivity index (χ2v) is 11.6. The zero-order chi connectivity index (χ0) is 24.3. The Bertz CT molecular complexity index is 1450. The Morgan fingerprint density at radius 2 is 1.89 bits per heavy atom. The minimum atomic E-state index is 0.239. The normalized spacial score (nSPS) is 27.8. The molecule has 1 saturated heterocycles. The van der Waals surface area contributed by atoms with Crippen molar-refractivity contribution in [2.75, 3.05) is 13.1 Å². The molecule has 3 aliphatic rings. The van der Waals surface area contributed by atoms with E-state index in [2.05, 4.69) is 77.5 Å². The molecular weight excluding hydrogens is 462 g/mol. The van der Waals surface area contributed by atoms with Crippen LogP contribution in [0.2, 0.25) is 5.02 Å². The number of imidazole rings is 1. The second-order valence-electron chi connectivity index (χ2n) is 11.1. The van der Waals surface area contributed by atoms with Crippen LogP contribution >= 0.6 is 11.6 Å². The van der Waals surface area contributed by atoms with Gasteiger partial charge in [0.15, 0.2) is 0 Å². The van der Waals surface area contributed by atoms with Gasteiger partial charge in [-0.25, -0.2) is 4.98 Å². The van der Waals surface area contributed by atoms with E-state index in [0.717, 1.165) is 27.4 Å². The van der Waals surface area contributed by atoms with Crippen LogP contribution in [0.4, 0.5) is 0 Å². The summed E-state index contributed by atoms with van der Waals surface area (Å²) < 4.78 is 0. The third kappa shape index (κ3) is 3.64. The van der Waals surface area contributed by atoms with Crippen molar-refractivity contribution >= 4 is 28.7 Å². The number of H-pyrrole nitrogens is 1. The molecule has 4 heteroatoms. The summed E-state index contributed by atoms with van der Waals surface area (Å²) in [6.45, 7) is 4.87. The maximum Gasteiger partial charge on any atom is 0.138 e. The van der Waals surface area contributed by atoms with Crippen LogP contribution in [0.25, 0.3) is 28.5 Å². The van der Waals surface area contributed by atoms with Gasteiger partial charge in [-0.2, -0.15) is 0 Å². The monoisotopic (exact) mass is 493 g/mol. The summed E-state index contributed by atoms with van der Waals surface area (Å²) in [4.78, 5) is 11.0. The van der Waals surface area contributed by atoms with Gasteiger partial charge in [-0.05, 0) is 79.0 Å². The molecule has 2 aliphatic carbocycles. The first-order chi connectivity index (χ1) is 17.6. The Hall–Kier alpha value is -2.88. The predicted octanol–water partition coefficient (Wildman–Crippen LogP) is 7.83. The van der Waals surface area contributed by atoms with Crippen molar-refractivity contribution in [3.63, 3.8) is 0 Å². The molecule has 1 N–H and O–H groups in total. The van der Waals surface area contributed by atoms with E-state index >= 15 is 0 Å². The summed E-state index contributed by atoms with van der Waals surface area (Å²) in [7, 11) is 0. The Labute approximate surface area is 218 Å². The molecule has 2 heterocycles. The molecule has 3 nitrogen and oxygen atoms in total. The van der Waals surface area contributed by atoms with E-state index in [1.54, 1.807) is 5.56 Å². The second kappa shape index (κ2) is 8.61. The third-order valence-electron chi connectivity index (χ3n) is 9.24. The lowest BCUT2D eigenvalue weighted by Crippen LogP contribution is -2.50. The molecule has 1 saturated carbocycles. The van der Waals surface area contributed by atoms with Crippen molar-refractivity contribution in [1.29, 1.82) is 0 Å². The van der Waals surface area contributed by atoms with E-state index in [-0.39, 0.29) is 5.41 Å². The van der Waals surface area contributed by atoms with E-state index in [9.17, 15) is 0 Å². The van der Waals surface area contributed by atoms with Crippen LogP contribution in [0.1, 0.15) is 55.2 Å². The van der Waals surface area contributed by atoms with Crippen LogP contribution in [0, 0.1) is 5.92 Å². The number of hydrogen-bond acceptors (Lipinski definition) is 2. The third-order valence-corrected chi connectivity index (χ3v) is 9.48. The average molecular weight is 494 g/mol. The van der Waals surface area contributed by atoms with Crippen molar-refractivity contribution in [1.82, 2.24) is 14.9 Å². The molecule has 182 valence electrons. The number of nitrogens with zero attached hydrogens (tertiary/aromatic N) is 2. The summed E-state index contributed by atoms with van der Waals surface area (Å²) in [5, 5.41) is 0.717. The smallest absolute Gasteiger partial charge is 0.138 e. The Morgan fingerprint density at radius 1 is 1.03 bits per heavy atom. The maximum atomic E-state index is 6.13. The number of halogens is 1. The quantitative estimate of drug-likeness (QED) is 0.315. The highest BCUT2D eigenvalue weighted by molar-refractivity contribution is 6.31. The van der Waals surface area contributed by atoms with Gasteiger partial charge >= 0.3 is 0 Å². The molecule has 3 unspecified atom stereocenters. The number of piperidine rings is 1. The number of aromatic amines is 1. The molecule has 0 radical (unpaired) electrons. The van der Waals surface area contributed by atoms with Crippen molar-refractivity contribution in [2.45, 2.75) is 50.0 Å². The van der Waals surface area contributed by atoms with Crippen molar-refractivity contribution < 1.29 is 0 Å². The van der Waals surface area contributed by atoms with Crippen molar-refractivity contribution in [2.24, 2.45) is 5.92 Å². The van der Waals surface area contributed by atoms with Gasteiger partial charge in [0.25, 0.3) is 0 Å². The first kappa shape index (κ1) is 22.3. The summed E-state index contributed by atoms with van der Waals surface area (Å²) in [5.74, 6) is 2.20. The molecule has 36 heavy (non-hydrogen) atoms. The van der Waals surface area contributed by atoms with E-state index in [0.29, 0.717) is 17.9 Å². The van der Waals surface area contributed by atoms with Gasteiger partial charge in [0.05, 0.1) is 11.0 Å². The molecule has 0 bridgehead atoms. The molecule has 4 aromatic rings. The Morgan fingerprint density at radius 3 is 2.75 bits per heavy atom. The van der Waals surface area contributed by atoms with Gasteiger partial charge in [0.2, 0.25) is 0 Å². The lowest BCUT2D eigenvalue weighted by Gasteiger charge is -2.46. The van der Waals surface area contributed by atoms with Crippen LogP contribution < -0.4 is 0 Å². The predicted molar refractivity (Wildman–Crippen MR) is 149 cm³/mol. The molecule has 1 spiro atoms. The molecule has 0 amide bonds. The number of benzene rings is 3. The molecular formula is C32H32ClN3. The highest BCUT2D eigenvalue weighted by Crippen LogP contribution is 2.48. The van der Waals surface area contributed by atoms with Crippen molar-refractivity contribution in [3.8, 4) is 11.4 Å². The van der Waals surface area contributed by atoms with Crippen LogP contribution in [0.3, 0.4) is 0 Å². The van der Waals surface area contributed by atoms with Crippen LogP contribution in [-0.4, -0.2) is 34.0 Å². The Kier molecular flexibility index (Phi) is 5.34. The summed E-state index contributed by atoms with van der Waals surface area (Å²) in [5.41, 5.74) is 7.74. The standard InChI is InChI=1S/C32H32ClN3/c1-21-20-36(17-16-32(21)15-14-23-4-2-3-5-28(23)32)27-12-10-25(18-27)22-6-8-24(9-7-22)31-34-29-13-11-26(33)19-30(29)35-31/h2-9,11,13-15,19,21,25,27H,10,12,16-18,20H2,1H3,(H,34,35)/t21-,25?,27?,32?/m0/s1. The first-order valence-corrected chi connectivity index (χ1v) is 13.8. The van der Waals surface area contributed by atoms with Crippen LogP contribution in [-0.2, 0) is 5.41 Å². The highest BCUT2D eigenvalue weighted by Gasteiger charge is 2.45. The van der Waals surface area contributed by atoms with Crippen LogP contribution in [0.15, 0.2) is 72.8 Å². The van der Waals surface area contributed by atoms with Crippen molar-refractivity contribution in [3.05, 3.63) is 94.5 Å². The fraction of sp³-hybridized carbons (Fsp3) is 0.344. The number of allylic oxidation sites excluding steroid dienone is 1. The number of nitrogens with one attached hydrogen (secondary N) is 1. The van der Waals surface area contributed by atoms with Gasteiger partial charge in [0.1, 0.15) is 5.82 Å². The number of hydrogen-bond donors (Lipinski definition) is 1. The zero-order valence-electron chi connectivity index (χ0n) is 20.8. The Balaban J connectivity index is 1.03. The van der Waals surface area contributed by atoms with E-state index in [1.807, 2.05) is 18.2 Å². The molecule has 2 fully saturated rings. The summed E-state index contributed by atoms with van der Waals surface area (Å²) >= 11 is 6.13. The van der Waals surface area contributed by atoms with Gasteiger partial charge in [-0.15, -0.1) is 0 Å². The lowest BCUT2D eigenvalue weighted by molar-refractivity contribution is 0.0898. The SMILES string of the molecule is C[C@H]1CN(C2CCC(c3ccc(-c4nc5cc(Cl)ccc5[nH]4)cc3)C2)CCC12C=Cc1ccccc12. The summed E-state index contributed by atoms with van der Waals surface area (Å²) in [6.07, 6.45) is 9.97. The molecule has 1 aromatic heterocycles. The van der Waals surface area contributed by atoms with Gasteiger partial charge < -0.3 is 9.88 Å². The minimum absolute atomic E-state index is 0.239. The minimum Gasteiger partial charge on any atom is -0.338 e. The lowest BCUT2D eigenvalue weighted by atomic mass is 9.68. The van der Waals surface area contributed by atoms with Crippen LogP contribution in [0.5, 0.6) is 0 Å².